The zero-order valence-corrected chi connectivity index (χ0v) is 15.4. The number of benzene rings is 2. The summed E-state index contributed by atoms with van der Waals surface area (Å²) in [4.78, 5) is 8.67. The molecule has 1 aliphatic heterocycles. The van der Waals surface area contributed by atoms with Crippen molar-refractivity contribution in [3.8, 4) is 0 Å². The first-order valence-corrected chi connectivity index (χ1v) is 8.88. The van der Waals surface area contributed by atoms with E-state index < -0.39 is 0 Å². The van der Waals surface area contributed by atoms with Crippen LogP contribution in [0.2, 0.25) is 0 Å². The Morgan fingerprint density at radius 2 is 1.78 bits per heavy atom. The minimum atomic E-state index is -0.283. The van der Waals surface area contributed by atoms with Gasteiger partial charge in [-0.1, -0.05) is 6.07 Å². The summed E-state index contributed by atoms with van der Waals surface area (Å²) >= 11 is 0. The molecule has 5 nitrogen and oxygen atoms in total. The summed E-state index contributed by atoms with van der Waals surface area (Å²) in [6.45, 7) is 3.67. The topological polar surface area (TPSA) is 54.1 Å². The lowest BCUT2D eigenvalue weighted by Gasteiger charge is -2.36. The smallest absolute Gasteiger partial charge is 0.191 e. The predicted octanol–water partition coefficient (Wildman–Crippen LogP) is 2.75. The SMILES string of the molecule is COCc1cc(CN=C(N)N2CCN(c3ccc(F)cc3)CC2)ccc1F. The Morgan fingerprint density at radius 3 is 2.44 bits per heavy atom. The van der Waals surface area contributed by atoms with E-state index in [2.05, 4.69) is 9.89 Å². The van der Waals surface area contributed by atoms with E-state index in [1.165, 1.54) is 25.3 Å². The molecule has 1 aliphatic rings. The number of piperazine rings is 1. The highest BCUT2D eigenvalue weighted by atomic mass is 19.1. The second kappa shape index (κ2) is 8.81. The fraction of sp³-hybridized carbons (Fsp3) is 0.350. The molecule has 2 N–H and O–H groups in total. The van der Waals surface area contributed by atoms with Crippen LogP contribution in [0.4, 0.5) is 14.5 Å². The van der Waals surface area contributed by atoms with E-state index in [9.17, 15) is 8.78 Å². The molecule has 27 heavy (non-hydrogen) atoms. The van der Waals surface area contributed by atoms with Crippen LogP contribution in [0.3, 0.4) is 0 Å². The molecule has 2 aromatic rings. The quantitative estimate of drug-likeness (QED) is 0.646. The molecule has 0 aliphatic carbocycles. The molecule has 0 atom stereocenters. The van der Waals surface area contributed by atoms with E-state index in [-0.39, 0.29) is 18.2 Å². The zero-order valence-electron chi connectivity index (χ0n) is 15.4. The standard InChI is InChI=1S/C20H24F2N4O/c1-27-14-16-12-15(2-7-19(16)22)13-24-20(23)26-10-8-25(9-11-26)18-5-3-17(21)4-6-18/h2-7,12H,8-11,13-14H2,1H3,(H2,23,24). The van der Waals surface area contributed by atoms with Crippen molar-refractivity contribution < 1.29 is 13.5 Å². The maximum atomic E-state index is 13.7. The third-order valence-electron chi connectivity index (χ3n) is 4.63. The summed E-state index contributed by atoms with van der Waals surface area (Å²) in [7, 11) is 1.54. The normalized spacial score (nSPS) is 15.3. The first-order valence-electron chi connectivity index (χ1n) is 8.88. The van der Waals surface area contributed by atoms with Gasteiger partial charge in [-0.2, -0.15) is 0 Å². The highest BCUT2D eigenvalue weighted by Crippen LogP contribution is 2.17. The number of rotatable bonds is 5. The van der Waals surface area contributed by atoms with E-state index in [4.69, 9.17) is 10.5 Å². The summed E-state index contributed by atoms with van der Waals surface area (Å²) in [5.41, 5.74) is 8.54. The molecule has 0 saturated carbocycles. The van der Waals surface area contributed by atoms with Gasteiger partial charge in [0.15, 0.2) is 5.96 Å². The Hall–Kier alpha value is -2.67. The van der Waals surface area contributed by atoms with Crippen LogP contribution < -0.4 is 10.6 Å². The van der Waals surface area contributed by atoms with E-state index in [1.54, 1.807) is 24.3 Å². The number of methoxy groups -OCH3 is 1. The summed E-state index contributed by atoms with van der Waals surface area (Å²) in [6, 6.07) is 11.4. The Morgan fingerprint density at radius 1 is 1.07 bits per heavy atom. The van der Waals surface area contributed by atoms with Crippen LogP contribution >= 0.6 is 0 Å². The molecule has 144 valence electrons. The largest absolute Gasteiger partial charge is 0.380 e. The molecule has 7 heteroatoms. The maximum absolute atomic E-state index is 13.7. The van der Waals surface area contributed by atoms with Gasteiger partial charge >= 0.3 is 0 Å². The van der Waals surface area contributed by atoms with Crippen molar-refractivity contribution in [2.75, 3.05) is 38.2 Å². The van der Waals surface area contributed by atoms with Gasteiger partial charge in [0.05, 0.1) is 13.2 Å². The molecule has 0 bridgehead atoms. The second-order valence-electron chi connectivity index (χ2n) is 6.48. The highest BCUT2D eigenvalue weighted by molar-refractivity contribution is 5.78. The number of guanidine groups is 1. The fourth-order valence-electron chi connectivity index (χ4n) is 3.11. The molecule has 0 spiro atoms. The van der Waals surface area contributed by atoms with Crippen molar-refractivity contribution in [3.63, 3.8) is 0 Å². The highest BCUT2D eigenvalue weighted by Gasteiger charge is 2.18. The second-order valence-corrected chi connectivity index (χ2v) is 6.48. The van der Waals surface area contributed by atoms with Crippen molar-refractivity contribution in [1.82, 2.24) is 4.90 Å². The molecule has 0 radical (unpaired) electrons. The molecule has 0 aromatic heterocycles. The zero-order chi connectivity index (χ0) is 19.2. The van der Waals surface area contributed by atoms with E-state index >= 15 is 0 Å². The lowest BCUT2D eigenvalue weighted by atomic mass is 10.1. The molecular weight excluding hydrogens is 350 g/mol. The number of hydrogen-bond acceptors (Lipinski definition) is 3. The van der Waals surface area contributed by atoms with Crippen molar-refractivity contribution in [2.45, 2.75) is 13.2 Å². The third kappa shape index (κ3) is 4.95. The Balaban J connectivity index is 1.56. The Kier molecular flexibility index (Phi) is 6.24. The predicted molar refractivity (Wildman–Crippen MR) is 103 cm³/mol. The van der Waals surface area contributed by atoms with Gasteiger partial charge in [-0.25, -0.2) is 13.8 Å². The summed E-state index contributed by atoms with van der Waals surface area (Å²) < 4.78 is 31.7. The van der Waals surface area contributed by atoms with Crippen LogP contribution in [-0.4, -0.2) is 44.1 Å². The molecule has 1 heterocycles. The molecular formula is C20H24F2N4O. The third-order valence-corrected chi connectivity index (χ3v) is 4.63. The van der Waals surface area contributed by atoms with Crippen LogP contribution in [0.25, 0.3) is 0 Å². The van der Waals surface area contributed by atoms with Gasteiger partial charge in [0, 0.05) is 44.5 Å². The summed E-state index contributed by atoms with van der Waals surface area (Å²) in [5, 5.41) is 0. The summed E-state index contributed by atoms with van der Waals surface area (Å²) in [6.07, 6.45) is 0. The van der Waals surface area contributed by atoms with E-state index in [0.717, 1.165) is 37.4 Å². The number of aliphatic imine (C=N–C) groups is 1. The van der Waals surface area contributed by atoms with Gasteiger partial charge in [0.1, 0.15) is 11.6 Å². The molecule has 3 rings (SSSR count). The lowest BCUT2D eigenvalue weighted by molar-refractivity contribution is 0.181. The number of nitrogens with zero attached hydrogens (tertiary/aromatic N) is 3. The lowest BCUT2D eigenvalue weighted by Crippen LogP contribution is -2.51. The molecule has 2 aromatic carbocycles. The van der Waals surface area contributed by atoms with Crippen LogP contribution in [0.15, 0.2) is 47.5 Å². The number of ether oxygens (including phenoxy) is 1. The minimum Gasteiger partial charge on any atom is -0.380 e. The van der Waals surface area contributed by atoms with Gasteiger partial charge in [-0.3, -0.25) is 0 Å². The molecule has 0 amide bonds. The first kappa shape index (κ1) is 19.1. The van der Waals surface area contributed by atoms with Crippen LogP contribution in [0.5, 0.6) is 0 Å². The minimum absolute atomic E-state index is 0.226. The van der Waals surface area contributed by atoms with Crippen molar-refractivity contribution in [2.24, 2.45) is 10.7 Å². The van der Waals surface area contributed by atoms with Crippen molar-refractivity contribution in [1.29, 1.82) is 0 Å². The first-order chi connectivity index (χ1) is 13.1. The molecule has 0 unspecified atom stereocenters. The average molecular weight is 374 g/mol. The van der Waals surface area contributed by atoms with Gasteiger partial charge in [-0.05, 0) is 42.0 Å². The average Bonchev–Trinajstić information content (AvgIpc) is 2.69. The van der Waals surface area contributed by atoms with Gasteiger partial charge in [0.25, 0.3) is 0 Å². The van der Waals surface area contributed by atoms with E-state index in [1.807, 2.05) is 4.90 Å². The van der Waals surface area contributed by atoms with Crippen LogP contribution in [0.1, 0.15) is 11.1 Å². The fourth-order valence-corrected chi connectivity index (χ4v) is 3.11. The van der Waals surface area contributed by atoms with Crippen molar-refractivity contribution >= 4 is 11.6 Å². The van der Waals surface area contributed by atoms with Crippen LogP contribution in [-0.2, 0) is 17.9 Å². The number of hydrogen-bond donors (Lipinski definition) is 1. The Labute approximate surface area is 158 Å². The molecule has 1 saturated heterocycles. The van der Waals surface area contributed by atoms with E-state index in [0.29, 0.717) is 18.1 Å². The van der Waals surface area contributed by atoms with Crippen molar-refractivity contribution in [3.05, 3.63) is 65.2 Å². The number of halogens is 2. The Bertz CT molecular complexity index is 787. The number of nitrogens with two attached hydrogens (primary N) is 1. The van der Waals surface area contributed by atoms with Gasteiger partial charge in [-0.15, -0.1) is 0 Å². The monoisotopic (exact) mass is 374 g/mol. The van der Waals surface area contributed by atoms with Gasteiger partial charge < -0.3 is 20.3 Å². The number of anilines is 1. The van der Waals surface area contributed by atoms with Crippen LogP contribution in [0, 0.1) is 11.6 Å². The summed E-state index contributed by atoms with van der Waals surface area (Å²) in [5.74, 6) is -0.0379. The molecule has 1 fully saturated rings. The maximum Gasteiger partial charge on any atom is 0.191 e. The van der Waals surface area contributed by atoms with Gasteiger partial charge in [0.2, 0.25) is 0 Å².